The van der Waals surface area contributed by atoms with Crippen molar-refractivity contribution >= 4 is 33.0 Å². The molecule has 66 valence electrons. The molecular formula is C9H7BrN2O. The second-order valence-electron chi connectivity index (χ2n) is 2.68. The fraction of sp³-hybridized carbons (Fsp3) is 0. The SMILES string of the molecule is O/N=C/c1c[nH]c2cc(Br)ccc12. The number of hydrogen-bond acceptors (Lipinski definition) is 2. The van der Waals surface area contributed by atoms with Crippen LogP contribution in [0, 0.1) is 0 Å². The summed E-state index contributed by atoms with van der Waals surface area (Å²) in [5.41, 5.74) is 1.90. The summed E-state index contributed by atoms with van der Waals surface area (Å²) in [6.07, 6.45) is 3.21. The average Bonchev–Trinajstić information content (AvgIpc) is 2.49. The third-order valence-electron chi connectivity index (χ3n) is 1.87. The zero-order chi connectivity index (χ0) is 9.26. The van der Waals surface area contributed by atoms with Gasteiger partial charge in [-0.25, -0.2) is 0 Å². The van der Waals surface area contributed by atoms with Crippen molar-refractivity contribution < 1.29 is 5.21 Å². The van der Waals surface area contributed by atoms with Crippen molar-refractivity contribution in [2.45, 2.75) is 0 Å². The monoisotopic (exact) mass is 238 g/mol. The average molecular weight is 239 g/mol. The summed E-state index contributed by atoms with van der Waals surface area (Å²) in [7, 11) is 0. The maximum atomic E-state index is 8.40. The van der Waals surface area contributed by atoms with Gasteiger partial charge in [-0.1, -0.05) is 27.2 Å². The molecule has 0 saturated heterocycles. The number of benzene rings is 1. The Labute approximate surface area is 83.2 Å². The first-order valence-electron chi connectivity index (χ1n) is 3.75. The van der Waals surface area contributed by atoms with Crippen molar-refractivity contribution in [3.05, 3.63) is 34.4 Å². The Morgan fingerprint density at radius 1 is 1.46 bits per heavy atom. The van der Waals surface area contributed by atoms with Gasteiger partial charge in [0, 0.05) is 27.1 Å². The summed E-state index contributed by atoms with van der Waals surface area (Å²) in [5, 5.41) is 12.4. The molecular weight excluding hydrogens is 232 g/mol. The first-order chi connectivity index (χ1) is 6.31. The van der Waals surface area contributed by atoms with Crippen molar-refractivity contribution in [2.75, 3.05) is 0 Å². The van der Waals surface area contributed by atoms with Crippen molar-refractivity contribution in [3.8, 4) is 0 Å². The molecule has 0 amide bonds. The van der Waals surface area contributed by atoms with Crippen LogP contribution in [0.5, 0.6) is 0 Å². The second-order valence-corrected chi connectivity index (χ2v) is 3.59. The predicted octanol–water partition coefficient (Wildman–Crippen LogP) is 2.74. The number of nitrogens with one attached hydrogen (secondary N) is 1. The molecule has 0 atom stereocenters. The third kappa shape index (κ3) is 1.45. The van der Waals surface area contributed by atoms with Gasteiger partial charge in [0.2, 0.25) is 0 Å². The molecule has 3 nitrogen and oxygen atoms in total. The number of oxime groups is 1. The van der Waals surface area contributed by atoms with E-state index in [1.54, 1.807) is 6.20 Å². The Morgan fingerprint density at radius 2 is 2.31 bits per heavy atom. The molecule has 0 aliphatic carbocycles. The van der Waals surface area contributed by atoms with E-state index in [9.17, 15) is 0 Å². The van der Waals surface area contributed by atoms with Crippen LogP contribution in [-0.2, 0) is 0 Å². The van der Waals surface area contributed by atoms with Gasteiger partial charge in [0.1, 0.15) is 0 Å². The van der Waals surface area contributed by atoms with Gasteiger partial charge in [-0.05, 0) is 12.1 Å². The van der Waals surface area contributed by atoms with E-state index in [-0.39, 0.29) is 0 Å². The van der Waals surface area contributed by atoms with Crippen LogP contribution in [0.25, 0.3) is 10.9 Å². The van der Waals surface area contributed by atoms with Gasteiger partial charge in [-0.3, -0.25) is 0 Å². The molecule has 0 spiro atoms. The summed E-state index contributed by atoms with van der Waals surface area (Å²) in [4.78, 5) is 3.08. The van der Waals surface area contributed by atoms with Gasteiger partial charge in [0.25, 0.3) is 0 Å². The zero-order valence-corrected chi connectivity index (χ0v) is 8.25. The predicted molar refractivity (Wildman–Crippen MR) is 55.4 cm³/mol. The summed E-state index contributed by atoms with van der Waals surface area (Å²) in [5.74, 6) is 0. The number of fused-ring (bicyclic) bond motifs is 1. The van der Waals surface area contributed by atoms with Crippen LogP contribution < -0.4 is 0 Å². The maximum Gasteiger partial charge on any atom is 0.0755 e. The Bertz CT molecular complexity index is 462. The van der Waals surface area contributed by atoms with Crippen molar-refractivity contribution in [1.82, 2.24) is 4.98 Å². The summed E-state index contributed by atoms with van der Waals surface area (Å²) in [6, 6.07) is 5.89. The van der Waals surface area contributed by atoms with E-state index in [0.717, 1.165) is 20.9 Å². The van der Waals surface area contributed by atoms with Crippen LogP contribution in [0.1, 0.15) is 5.56 Å². The molecule has 2 rings (SSSR count). The molecule has 0 aliphatic heterocycles. The first kappa shape index (κ1) is 8.31. The molecule has 1 heterocycles. The minimum absolute atomic E-state index is 0.880. The molecule has 13 heavy (non-hydrogen) atoms. The number of aromatic nitrogens is 1. The Morgan fingerprint density at radius 3 is 3.08 bits per heavy atom. The molecule has 0 aliphatic rings. The molecule has 2 aromatic rings. The number of hydrogen-bond donors (Lipinski definition) is 2. The highest BCUT2D eigenvalue weighted by atomic mass is 79.9. The standard InChI is InChI=1S/C9H7BrN2O/c10-7-1-2-8-6(5-12-13)4-11-9(8)3-7/h1-5,11,13H/b12-5+. The Kier molecular flexibility index (Phi) is 2.06. The number of rotatable bonds is 1. The molecule has 0 bridgehead atoms. The minimum atomic E-state index is 0.880. The van der Waals surface area contributed by atoms with E-state index in [4.69, 9.17) is 5.21 Å². The smallest absolute Gasteiger partial charge is 0.0755 e. The number of halogens is 1. The Hall–Kier alpha value is -1.29. The molecule has 0 unspecified atom stereocenters. The lowest BCUT2D eigenvalue weighted by Crippen LogP contribution is -1.76. The number of aromatic amines is 1. The quantitative estimate of drug-likeness (QED) is 0.448. The van der Waals surface area contributed by atoms with Crippen molar-refractivity contribution in [1.29, 1.82) is 0 Å². The van der Waals surface area contributed by atoms with E-state index in [2.05, 4.69) is 26.1 Å². The molecule has 2 N–H and O–H groups in total. The lowest BCUT2D eigenvalue weighted by molar-refractivity contribution is 0.322. The second kappa shape index (κ2) is 3.22. The summed E-state index contributed by atoms with van der Waals surface area (Å²) in [6.45, 7) is 0. The van der Waals surface area contributed by atoms with E-state index in [1.165, 1.54) is 6.21 Å². The zero-order valence-electron chi connectivity index (χ0n) is 6.66. The fourth-order valence-electron chi connectivity index (χ4n) is 1.29. The molecule has 4 heteroatoms. The highest BCUT2D eigenvalue weighted by Crippen LogP contribution is 2.21. The van der Waals surface area contributed by atoms with E-state index < -0.39 is 0 Å². The lowest BCUT2D eigenvalue weighted by Gasteiger charge is -1.91. The van der Waals surface area contributed by atoms with Crippen LogP contribution in [-0.4, -0.2) is 16.4 Å². The van der Waals surface area contributed by atoms with Gasteiger partial charge in [0.15, 0.2) is 0 Å². The van der Waals surface area contributed by atoms with Crippen LogP contribution in [0.2, 0.25) is 0 Å². The first-order valence-corrected chi connectivity index (χ1v) is 4.54. The number of nitrogens with zero attached hydrogens (tertiary/aromatic N) is 1. The summed E-state index contributed by atoms with van der Waals surface area (Å²) >= 11 is 3.38. The molecule has 1 aromatic heterocycles. The molecule has 1 aromatic carbocycles. The van der Waals surface area contributed by atoms with Crippen molar-refractivity contribution in [2.24, 2.45) is 5.16 Å². The van der Waals surface area contributed by atoms with Gasteiger partial charge < -0.3 is 10.2 Å². The highest BCUT2D eigenvalue weighted by molar-refractivity contribution is 9.10. The van der Waals surface area contributed by atoms with E-state index >= 15 is 0 Å². The normalized spacial score (nSPS) is 11.5. The molecule has 0 saturated carbocycles. The van der Waals surface area contributed by atoms with Crippen LogP contribution in [0.15, 0.2) is 34.0 Å². The van der Waals surface area contributed by atoms with Crippen molar-refractivity contribution in [3.63, 3.8) is 0 Å². The van der Waals surface area contributed by atoms with Gasteiger partial charge in [-0.2, -0.15) is 0 Å². The third-order valence-corrected chi connectivity index (χ3v) is 2.37. The topological polar surface area (TPSA) is 48.4 Å². The van der Waals surface area contributed by atoms with E-state index in [1.807, 2.05) is 18.2 Å². The number of H-pyrrole nitrogens is 1. The molecule has 0 fully saturated rings. The highest BCUT2D eigenvalue weighted by Gasteiger charge is 2.00. The minimum Gasteiger partial charge on any atom is -0.411 e. The van der Waals surface area contributed by atoms with Gasteiger partial charge in [0.05, 0.1) is 6.21 Å². The van der Waals surface area contributed by atoms with Crippen LogP contribution in [0.4, 0.5) is 0 Å². The van der Waals surface area contributed by atoms with Gasteiger partial charge >= 0.3 is 0 Å². The van der Waals surface area contributed by atoms with Crippen LogP contribution in [0.3, 0.4) is 0 Å². The van der Waals surface area contributed by atoms with Gasteiger partial charge in [-0.15, -0.1) is 0 Å². The van der Waals surface area contributed by atoms with E-state index in [0.29, 0.717) is 0 Å². The largest absolute Gasteiger partial charge is 0.411 e. The van der Waals surface area contributed by atoms with Crippen LogP contribution >= 0.6 is 15.9 Å². The molecule has 0 radical (unpaired) electrons. The summed E-state index contributed by atoms with van der Waals surface area (Å²) < 4.78 is 1.02. The lowest BCUT2D eigenvalue weighted by atomic mass is 10.2. The fourth-order valence-corrected chi connectivity index (χ4v) is 1.65. The Balaban J connectivity index is 2.68. The maximum absolute atomic E-state index is 8.40.